The molecule has 0 atom stereocenters. The molecule has 6 heteroatoms. The van der Waals surface area contributed by atoms with E-state index in [2.05, 4.69) is 20.3 Å². The Balaban J connectivity index is 1.54. The zero-order chi connectivity index (χ0) is 20.8. The topological polar surface area (TPSA) is 77.0 Å². The van der Waals surface area contributed by atoms with Crippen LogP contribution in [0.4, 0.5) is 5.69 Å². The lowest BCUT2D eigenvalue weighted by Gasteiger charge is -2.10. The number of para-hydroxylation sites is 2. The third-order valence-electron chi connectivity index (χ3n) is 4.38. The molecule has 1 amide bonds. The second-order valence-corrected chi connectivity index (χ2v) is 6.72. The summed E-state index contributed by atoms with van der Waals surface area (Å²) in [5.41, 5.74) is 4.82. The van der Waals surface area contributed by atoms with Gasteiger partial charge in [0.1, 0.15) is 5.69 Å². The first-order valence-electron chi connectivity index (χ1n) is 9.51. The maximum atomic E-state index is 12.3. The molecule has 4 rings (SSSR count). The average Bonchev–Trinajstić information content (AvgIpc) is 2.78. The third kappa shape index (κ3) is 4.86. The predicted octanol–water partition coefficient (Wildman–Crippen LogP) is 4.52. The summed E-state index contributed by atoms with van der Waals surface area (Å²) in [5, 5.41) is 2.82. The number of carbonyl (C=O) groups excluding carboxylic acids is 1. The molecule has 4 aromatic rings. The van der Waals surface area contributed by atoms with Gasteiger partial charge >= 0.3 is 0 Å². The van der Waals surface area contributed by atoms with Crippen LogP contribution in [0.2, 0.25) is 0 Å². The SMILES string of the molecule is Cc1ccc(NC(=O)COc2nc3ccccc3nc2/C=C\c2ccncc2)cc1. The number of carbonyl (C=O) groups is 1. The molecule has 148 valence electrons. The molecule has 0 bridgehead atoms. The van der Waals surface area contributed by atoms with Crippen molar-refractivity contribution >= 4 is 34.8 Å². The smallest absolute Gasteiger partial charge is 0.262 e. The van der Waals surface area contributed by atoms with Gasteiger partial charge in [-0.2, -0.15) is 0 Å². The highest BCUT2D eigenvalue weighted by molar-refractivity contribution is 5.92. The fourth-order valence-corrected chi connectivity index (χ4v) is 2.83. The Bertz CT molecular complexity index is 1190. The molecule has 0 saturated heterocycles. The summed E-state index contributed by atoms with van der Waals surface area (Å²) in [6.45, 7) is 1.82. The molecular formula is C24H20N4O2. The van der Waals surface area contributed by atoms with Crippen LogP contribution >= 0.6 is 0 Å². The number of amides is 1. The van der Waals surface area contributed by atoms with E-state index in [1.807, 2.05) is 79.7 Å². The second kappa shape index (κ2) is 8.96. The number of anilines is 1. The van der Waals surface area contributed by atoms with Crippen molar-refractivity contribution in [3.8, 4) is 5.88 Å². The van der Waals surface area contributed by atoms with Gasteiger partial charge < -0.3 is 10.1 Å². The summed E-state index contributed by atoms with van der Waals surface area (Å²) in [4.78, 5) is 25.5. The van der Waals surface area contributed by atoms with Crippen molar-refractivity contribution in [3.63, 3.8) is 0 Å². The normalized spacial score (nSPS) is 11.0. The molecule has 2 heterocycles. The van der Waals surface area contributed by atoms with Crippen molar-refractivity contribution < 1.29 is 9.53 Å². The van der Waals surface area contributed by atoms with Gasteiger partial charge in [0.15, 0.2) is 6.61 Å². The molecule has 0 radical (unpaired) electrons. The number of aromatic nitrogens is 3. The van der Waals surface area contributed by atoms with Gasteiger partial charge in [0.2, 0.25) is 5.88 Å². The Morgan fingerprint density at radius 3 is 2.37 bits per heavy atom. The number of nitrogens with zero attached hydrogens (tertiary/aromatic N) is 3. The van der Waals surface area contributed by atoms with E-state index in [4.69, 9.17) is 4.74 Å². The van der Waals surface area contributed by atoms with Crippen LogP contribution in [0, 0.1) is 6.92 Å². The van der Waals surface area contributed by atoms with Crippen molar-refractivity contribution in [2.24, 2.45) is 0 Å². The molecular weight excluding hydrogens is 376 g/mol. The summed E-state index contributed by atoms with van der Waals surface area (Å²) in [7, 11) is 0. The van der Waals surface area contributed by atoms with Crippen LogP contribution in [-0.2, 0) is 4.79 Å². The van der Waals surface area contributed by atoms with Gasteiger partial charge in [-0.05, 0) is 55.0 Å². The summed E-state index contributed by atoms with van der Waals surface area (Å²) in [5.74, 6) is 0.0379. The van der Waals surface area contributed by atoms with E-state index < -0.39 is 0 Å². The maximum Gasteiger partial charge on any atom is 0.262 e. The van der Waals surface area contributed by atoms with Crippen LogP contribution in [0.5, 0.6) is 5.88 Å². The highest BCUT2D eigenvalue weighted by atomic mass is 16.5. The molecule has 1 N–H and O–H groups in total. The highest BCUT2D eigenvalue weighted by Gasteiger charge is 2.11. The molecule has 0 unspecified atom stereocenters. The molecule has 6 nitrogen and oxygen atoms in total. The average molecular weight is 396 g/mol. The van der Waals surface area contributed by atoms with Crippen molar-refractivity contribution in [2.75, 3.05) is 11.9 Å². The molecule has 0 aliphatic heterocycles. The lowest BCUT2D eigenvalue weighted by atomic mass is 10.2. The first-order chi connectivity index (χ1) is 14.7. The quantitative estimate of drug-likeness (QED) is 0.518. The fourth-order valence-electron chi connectivity index (χ4n) is 2.83. The number of rotatable bonds is 6. The lowest BCUT2D eigenvalue weighted by molar-refractivity contribution is -0.118. The second-order valence-electron chi connectivity index (χ2n) is 6.72. The number of hydrogen-bond donors (Lipinski definition) is 1. The van der Waals surface area contributed by atoms with Crippen molar-refractivity contribution in [3.05, 3.63) is 89.9 Å². The first kappa shape index (κ1) is 19.3. The molecule has 0 aliphatic carbocycles. The summed E-state index contributed by atoms with van der Waals surface area (Å²) >= 11 is 0. The van der Waals surface area contributed by atoms with Gasteiger partial charge in [0.05, 0.1) is 11.0 Å². The molecule has 2 aromatic heterocycles. The third-order valence-corrected chi connectivity index (χ3v) is 4.38. The molecule has 30 heavy (non-hydrogen) atoms. The molecule has 0 fully saturated rings. The standard InChI is InChI=1S/C24H20N4O2/c1-17-6-9-19(10-7-17)26-23(29)16-30-24-22(11-8-18-12-14-25-15-13-18)27-20-4-2-3-5-21(20)28-24/h2-15H,16H2,1H3,(H,26,29)/b11-8-. The highest BCUT2D eigenvalue weighted by Crippen LogP contribution is 2.21. The van der Waals surface area contributed by atoms with E-state index in [1.54, 1.807) is 12.4 Å². The van der Waals surface area contributed by atoms with Gasteiger partial charge in [-0.1, -0.05) is 35.9 Å². The Hall–Kier alpha value is -4.06. The van der Waals surface area contributed by atoms with Crippen LogP contribution in [-0.4, -0.2) is 27.5 Å². The van der Waals surface area contributed by atoms with Crippen LogP contribution in [0.25, 0.3) is 23.2 Å². The number of fused-ring (bicyclic) bond motifs is 1. The number of pyridine rings is 1. The van der Waals surface area contributed by atoms with Crippen molar-refractivity contribution in [1.82, 2.24) is 15.0 Å². The molecule has 2 aromatic carbocycles. The van der Waals surface area contributed by atoms with E-state index in [-0.39, 0.29) is 12.5 Å². The number of nitrogens with one attached hydrogen (secondary N) is 1. The van der Waals surface area contributed by atoms with E-state index in [1.165, 1.54) is 0 Å². The summed E-state index contributed by atoms with van der Waals surface area (Å²) in [6, 6.07) is 18.9. The van der Waals surface area contributed by atoms with Crippen LogP contribution < -0.4 is 10.1 Å². The lowest BCUT2D eigenvalue weighted by Crippen LogP contribution is -2.20. The minimum Gasteiger partial charge on any atom is -0.466 e. The molecule has 0 spiro atoms. The largest absolute Gasteiger partial charge is 0.466 e. The predicted molar refractivity (Wildman–Crippen MR) is 118 cm³/mol. The molecule has 0 saturated carbocycles. The van der Waals surface area contributed by atoms with Gasteiger partial charge in [-0.15, -0.1) is 0 Å². The zero-order valence-electron chi connectivity index (χ0n) is 16.4. The fraction of sp³-hybridized carbons (Fsp3) is 0.0833. The first-order valence-corrected chi connectivity index (χ1v) is 9.51. The van der Waals surface area contributed by atoms with Gasteiger partial charge in [0, 0.05) is 18.1 Å². The minimum absolute atomic E-state index is 0.170. The minimum atomic E-state index is -0.266. The van der Waals surface area contributed by atoms with Crippen LogP contribution in [0.15, 0.2) is 73.1 Å². The zero-order valence-corrected chi connectivity index (χ0v) is 16.4. The van der Waals surface area contributed by atoms with Gasteiger partial charge in [-0.3, -0.25) is 9.78 Å². The summed E-state index contributed by atoms with van der Waals surface area (Å²) in [6.07, 6.45) is 7.17. The van der Waals surface area contributed by atoms with E-state index in [0.717, 1.165) is 22.3 Å². The van der Waals surface area contributed by atoms with Crippen LogP contribution in [0.3, 0.4) is 0 Å². The molecule has 0 aliphatic rings. The Labute approximate surface area is 174 Å². The van der Waals surface area contributed by atoms with Crippen molar-refractivity contribution in [1.29, 1.82) is 0 Å². The van der Waals surface area contributed by atoms with Gasteiger partial charge in [-0.25, -0.2) is 9.97 Å². The van der Waals surface area contributed by atoms with E-state index in [0.29, 0.717) is 17.1 Å². The Morgan fingerprint density at radius 1 is 0.933 bits per heavy atom. The number of benzene rings is 2. The number of aryl methyl sites for hydroxylation is 1. The number of hydrogen-bond acceptors (Lipinski definition) is 5. The Kier molecular flexibility index (Phi) is 5.75. The monoisotopic (exact) mass is 396 g/mol. The Morgan fingerprint density at radius 2 is 1.63 bits per heavy atom. The maximum absolute atomic E-state index is 12.3. The van der Waals surface area contributed by atoms with E-state index >= 15 is 0 Å². The van der Waals surface area contributed by atoms with E-state index in [9.17, 15) is 4.79 Å². The van der Waals surface area contributed by atoms with Gasteiger partial charge in [0.25, 0.3) is 5.91 Å². The summed E-state index contributed by atoms with van der Waals surface area (Å²) < 4.78 is 5.74. The van der Waals surface area contributed by atoms with Crippen molar-refractivity contribution in [2.45, 2.75) is 6.92 Å². The number of ether oxygens (including phenoxy) is 1. The van der Waals surface area contributed by atoms with Crippen LogP contribution in [0.1, 0.15) is 16.8 Å².